The van der Waals surface area contributed by atoms with E-state index >= 15 is 0 Å². The van der Waals surface area contributed by atoms with E-state index in [0.29, 0.717) is 0 Å². The molecule has 2 heteroatoms. The van der Waals surface area contributed by atoms with Gasteiger partial charge in [-0.15, -0.1) is 0 Å². The van der Waals surface area contributed by atoms with Gasteiger partial charge in [-0.05, 0) is 19.1 Å². The van der Waals surface area contributed by atoms with E-state index in [1.807, 2.05) is 37.3 Å². The van der Waals surface area contributed by atoms with Gasteiger partial charge in [-0.2, -0.15) is 0 Å². The van der Waals surface area contributed by atoms with Crippen molar-refractivity contribution in [3.05, 3.63) is 36.1 Å². The third-order valence-electron chi connectivity index (χ3n) is 1.56. The van der Waals surface area contributed by atoms with Gasteiger partial charge in [0.05, 0.1) is 12.6 Å². The summed E-state index contributed by atoms with van der Waals surface area (Å²) in [5.74, 6) is 0.829. The molecule has 1 unspecified atom stereocenters. The second-order valence-corrected chi connectivity index (χ2v) is 2.83. The van der Waals surface area contributed by atoms with Crippen LogP contribution in [0.1, 0.15) is 6.92 Å². The minimum atomic E-state index is -0.350. The van der Waals surface area contributed by atoms with Crippen molar-refractivity contribution in [1.29, 1.82) is 0 Å². The van der Waals surface area contributed by atoms with Gasteiger partial charge in [0.25, 0.3) is 0 Å². The predicted molar refractivity (Wildman–Crippen MR) is 46.0 cm³/mol. The third-order valence-corrected chi connectivity index (χ3v) is 1.56. The Morgan fingerprint density at radius 2 is 2.18 bits per heavy atom. The Morgan fingerprint density at radius 3 is 2.82 bits per heavy atom. The van der Waals surface area contributed by atoms with Gasteiger partial charge in [0.1, 0.15) is 5.76 Å². The quantitative estimate of drug-likeness (QED) is 0.614. The first-order valence-electron chi connectivity index (χ1n) is 3.56. The molecule has 2 N–H and O–H groups in total. The van der Waals surface area contributed by atoms with E-state index in [0.717, 1.165) is 5.76 Å². The number of ether oxygens (including phenoxy) is 1. The maximum absolute atomic E-state index is 5.83. The van der Waals surface area contributed by atoms with Crippen LogP contribution in [0.3, 0.4) is 0 Å². The highest BCUT2D eigenvalue weighted by molar-refractivity contribution is 5.30. The van der Waals surface area contributed by atoms with Crippen molar-refractivity contribution in [3.8, 4) is 0 Å². The lowest BCUT2D eigenvalue weighted by molar-refractivity contribution is 0.307. The molecule has 0 spiro atoms. The van der Waals surface area contributed by atoms with Crippen LogP contribution in [-0.2, 0) is 4.74 Å². The van der Waals surface area contributed by atoms with Gasteiger partial charge in [-0.1, -0.05) is 18.2 Å². The summed E-state index contributed by atoms with van der Waals surface area (Å²) >= 11 is 0. The van der Waals surface area contributed by atoms with Crippen LogP contribution in [0.25, 0.3) is 0 Å². The van der Waals surface area contributed by atoms with E-state index in [4.69, 9.17) is 10.5 Å². The van der Waals surface area contributed by atoms with Crippen LogP contribution in [-0.4, -0.2) is 12.6 Å². The fraction of sp³-hybridized carbons (Fsp3) is 0.333. The van der Waals surface area contributed by atoms with E-state index in [9.17, 15) is 0 Å². The van der Waals surface area contributed by atoms with Crippen LogP contribution in [0.5, 0.6) is 0 Å². The summed E-state index contributed by atoms with van der Waals surface area (Å²) in [6.45, 7) is 1.94. The molecule has 0 saturated carbocycles. The van der Waals surface area contributed by atoms with E-state index in [1.165, 1.54) is 0 Å². The molecule has 0 heterocycles. The number of nitrogens with two attached hydrogens (primary N) is 1. The lowest BCUT2D eigenvalue weighted by Crippen LogP contribution is -2.30. The standard InChI is InChI=1S/C9H13NO/c1-9(10)6-3-4-8(11-2)5-7-9/h3-7H,10H2,1-2H3. The van der Waals surface area contributed by atoms with Gasteiger partial charge in [0.2, 0.25) is 0 Å². The van der Waals surface area contributed by atoms with Gasteiger partial charge in [0, 0.05) is 0 Å². The monoisotopic (exact) mass is 151 g/mol. The molecule has 0 aromatic rings. The molecule has 0 radical (unpaired) electrons. The predicted octanol–water partition coefficient (Wildman–Crippen LogP) is 1.36. The first-order chi connectivity index (χ1) is 5.14. The first kappa shape index (κ1) is 8.08. The highest BCUT2D eigenvalue weighted by Gasteiger charge is 2.10. The van der Waals surface area contributed by atoms with Crippen molar-refractivity contribution in [2.24, 2.45) is 5.73 Å². The van der Waals surface area contributed by atoms with Crippen molar-refractivity contribution >= 4 is 0 Å². The summed E-state index contributed by atoms with van der Waals surface area (Å²) in [6.07, 6.45) is 9.49. The molecule has 0 saturated heterocycles. The SMILES string of the molecule is COC1=CC=CC(C)(N)C=C1. The molecule has 11 heavy (non-hydrogen) atoms. The molecule has 2 nitrogen and oxygen atoms in total. The number of hydrogen-bond donors (Lipinski definition) is 1. The van der Waals surface area contributed by atoms with Gasteiger partial charge in [-0.25, -0.2) is 0 Å². The number of hydrogen-bond acceptors (Lipinski definition) is 2. The van der Waals surface area contributed by atoms with Gasteiger partial charge >= 0.3 is 0 Å². The van der Waals surface area contributed by atoms with Crippen molar-refractivity contribution < 1.29 is 4.74 Å². The largest absolute Gasteiger partial charge is 0.497 e. The molecule has 0 fully saturated rings. The second kappa shape index (κ2) is 2.93. The zero-order valence-corrected chi connectivity index (χ0v) is 6.87. The molecule has 0 aromatic heterocycles. The van der Waals surface area contributed by atoms with Crippen LogP contribution >= 0.6 is 0 Å². The van der Waals surface area contributed by atoms with Crippen LogP contribution in [0.2, 0.25) is 0 Å². The van der Waals surface area contributed by atoms with Crippen molar-refractivity contribution in [3.63, 3.8) is 0 Å². The summed E-state index contributed by atoms with van der Waals surface area (Å²) in [5.41, 5.74) is 5.48. The highest BCUT2D eigenvalue weighted by atomic mass is 16.5. The lowest BCUT2D eigenvalue weighted by atomic mass is 10.0. The summed E-state index contributed by atoms with van der Waals surface area (Å²) in [7, 11) is 1.64. The summed E-state index contributed by atoms with van der Waals surface area (Å²) in [5, 5.41) is 0. The average Bonchev–Trinajstić information content (AvgIpc) is 2.10. The Morgan fingerprint density at radius 1 is 1.45 bits per heavy atom. The molecule has 0 aromatic carbocycles. The van der Waals surface area contributed by atoms with E-state index < -0.39 is 0 Å². The van der Waals surface area contributed by atoms with E-state index in [-0.39, 0.29) is 5.54 Å². The Bertz CT molecular complexity index is 224. The van der Waals surface area contributed by atoms with Gasteiger partial charge < -0.3 is 10.5 Å². The van der Waals surface area contributed by atoms with Gasteiger partial charge in [0.15, 0.2) is 0 Å². The summed E-state index contributed by atoms with van der Waals surface area (Å²) in [6, 6.07) is 0. The normalized spacial score (nSPS) is 29.5. The Balaban J connectivity index is 2.83. The minimum absolute atomic E-state index is 0.350. The molecule has 1 atom stereocenters. The van der Waals surface area contributed by atoms with Crippen LogP contribution in [0.4, 0.5) is 0 Å². The fourth-order valence-corrected chi connectivity index (χ4v) is 0.859. The van der Waals surface area contributed by atoms with Crippen molar-refractivity contribution in [1.82, 2.24) is 0 Å². The first-order valence-corrected chi connectivity index (χ1v) is 3.56. The molecule has 0 aliphatic heterocycles. The Labute approximate surface area is 67.0 Å². The third kappa shape index (κ3) is 2.24. The summed E-state index contributed by atoms with van der Waals surface area (Å²) < 4.78 is 5.03. The Kier molecular flexibility index (Phi) is 2.15. The van der Waals surface area contributed by atoms with E-state index in [2.05, 4.69) is 0 Å². The molecular formula is C9H13NO. The van der Waals surface area contributed by atoms with Crippen LogP contribution in [0, 0.1) is 0 Å². The fourth-order valence-electron chi connectivity index (χ4n) is 0.859. The van der Waals surface area contributed by atoms with Gasteiger partial charge in [-0.3, -0.25) is 0 Å². The second-order valence-electron chi connectivity index (χ2n) is 2.83. The molecular weight excluding hydrogens is 138 g/mol. The Hall–Kier alpha value is -1.02. The molecule has 1 rings (SSSR count). The number of methoxy groups -OCH3 is 1. The smallest absolute Gasteiger partial charge is 0.118 e. The molecule has 1 aliphatic carbocycles. The topological polar surface area (TPSA) is 35.2 Å². The molecule has 1 aliphatic rings. The zero-order valence-electron chi connectivity index (χ0n) is 6.87. The summed E-state index contributed by atoms with van der Waals surface area (Å²) in [4.78, 5) is 0. The molecule has 0 amide bonds. The van der Waals surface area contributed by atoms with E-state index in [1.54, 1.807) is 7.11 Å². The maximum Gasteiger partial charge on any atom is 0.118 e. The highest BCUT2D eigenvalue weighted by Crippen LogP contribution is 2.11. The number of allylic oxidation sites excluding steroid dienone is 3. The lowest BCUT2D eigenvalue weighted by Gasteiger charge is -2.12. The molecule has 0 bridgehead atoms. The minimum Gasteiger partial charge on any atom is -0.497 e. The average molecular weight is 151 g/mol. The maximum atomic E-state index is 5.83. The van der Waals surface area contributed by atoms with Crippen molar-refractivity contribution in [2.45, 2.75) is 12.5 Å². The van der Waals surface area contributed by atoms with Crippen LogP contribution in [0.15, 0.2) is 36.1 Å². The zero-order chi connectivity index (χ0) is 8.32. The van der Waals surface area contributed by atoms with Crippen molar-refractivity contribution in [2.75, 3.05) is 7.11 Å². The molecule has 60 valence electrons. The van der Waals surface area contributed by atoms with Crippen LogP contribution < -0.4 is 5.73 Å². The number of rotatable bonds is 1.